The van der Waals surface area contributed by atoms with Gasteiger partial charge in [0.05, 0.1) is 11.6 Å². The largest absolute Gasteiger partial charge is 0.463 e. The number of rotatable bonds is 8. The quantitative estimate of drug-likeness (QED) is 0.397. The molecule has 3 heterocycles. The van der Waals surface area contributed by atoms with Crippen molar-refractivity contribution in [3.63, 3.8) is 0 Å². The van der Waals surface area contributed by atoms with Crippen molar-refractivity contribution < 1.29 is 37.7 Å². The third-order valence-corrected chi connectivity index (χ3v) is 5.74. The predicted molar refractivity (Wildman–Crippen MR) is 115 cm³/mol. The molecule has 2 fully saturated rings. The molecule has 2 aliphatic rings. The number of fused-ring (bicyclic) bond motifs is 1. The number of hydrogen-bond donors (Lipinski definition) is 1. The molecule has 0 aromatic carbocycles. The second kappa shape index (κ2) is 9.60. The van der Waals surface area contributed by atoms with Crippen molar-refractivity contribution >= 4 is 35.0 Å². The minimum absolute atomic E-state index is 0.00990. The molecule has 190 valence electrons. The third kappa shape index (κ3) is 4.83. The summed E-state index contributed by atoms with van der Waals surface area (Å²) in [5.41, 5.74) is 5.70. The van der Waals surface area contributed by atoms with E-state index in [2.05, 4.69) is 9.97 Å². The average molecular weight is 495 g/mol. The number of nitrogens with zero attached hydrogens (tertiary/aromatic N) is 4. The van der Waals surface area contributed by atoms with Crippen molar-refractivity contribution in [2.75, 3.05) is 12.3 Å². The summed E-state index contributed by atoms with van der Waals surface area (Å²) < 4.78 is 38.5. The zero-order chi connectivity index (χ0) is 25.4. The highest BCUT2D eigenvalue weighted by Crippen LogP contribution is 2.36. The Hall–Kier alpha value is -3.55. The van der Waals surface area contributed by atoms with Crippen molar-refractivity contribution in [3.05, 3.63) is 16.2 Å². The van der Waals surface area contributed by atoms with Crippen LogP contribution in [0.15, 0.2) is 4.79 Å². The SMILES string of the molecule is CCc1nc(N)nc2c1n(COC(=O)C1CC1)c(=O)n2[C@@H]1O[C@H](COC(C)=O)[C@@H](F)[C@H]1OC(C)=O. The number of nitrogens with two attached hydrogens (primary N) is 1. The molecule has 0 spiro atoms. The number of aryl methyl sites for hydroxylation is 1. The lowest BCUT2D eigenvalue weighted by Crippen LogP contribution is -2.37. The molecule has 1 aliphatic heterocycles. The van der Waals surface area contributed by atoms with Crippen molar-refractivity contribution in [1.82, 2.24) is 19.1 Å². The number of nitrogen functional groups attached to an aromatic ring is 1. The van der Waals surface area contributed by atoms with Gasteiger partial charge in [0.25, 0.3) is 0 Å². The van der Waals surface area contributed by atoms with Gasteiger partial charge >= 0.3 is 23.6 Å². The van der Waals surface area contributed by atoms with E-state index >= 15 is 4.39 Å². The zero-order valence-corrected chi connectivity index (χ0v) is 19.4. The Morgan fingerprint density at radius 2 is 1.89 bits per heavy atom. The van der Waals surface area contributed by atoms with Gasteiger partial charge in [-0.25, -0.2) is 18.7 Å². The molecular formula is C21H26FN5O8. The van der Waals surface area contributed by atoms with Gasteiger partial charge in [0.1, 0.15) is 18.2 Å². The summed E-state index contributed by atoms with van der Waals surface area (Å²) in [4.78, 5) is 57.0. The van der Waals surface area contributed by atoms with Crippen molar-refractivity contribution in [2.45, 2.75) is 71.4 Å². The van der Waals surface area contributed by atoms with E-state index in [1.165, 1.54) is 0 Å². The van der Waals surface area contributed by atoms with E-state index in [9.17, 15) is 19.2 Å². The van der Waals surface area contributed by atoms with Crippen LogP contribution in [0, 0.1) is 5.92 Å². The van der Waals surface area contributed by atoms with Gasteiger partial charge in [-0.15, -0.1) is 0 Å². The molecule has 4 atom stereocenters. The number of anilines is 1. The van der Waals surface area contributed by atoms with Gasteiger partial charge in [-0.05, 0) is 19.3 Å². The molecule has 13 nitrogen and oxygen atoms in total. The van der Waals surface area contributed by atoms with E-state index < -0.39 is 61.5 Å². The van der Waals surface area contributed by atoms with Gasteiger partial charge in [0, 0.05) is 13.8 Å². The lowest BCUT2D eigenvalue weighted by atomic mass is 10.1. The fourth-order valence-corrected chi connectivity index (χ4v) is 3.98. The first kappa shape index (κ1) is 24.6. The summed E-state index contributed by atoms with van der Waals surface area (Å²) in [6, 6.07) is 0. The molecule has 14 heteroatoms. The van der Waals surface area contributed by atoms with Crippen LogP contribution in [0.25, 0.3) is 11.2 Å². The monoisotopic (exact) mass is 495 g/mol. The standard InChI is InChI=1S/C21H26FN5O8/c1-4-12-15-17(25-20(23)24-12)27(21(31)26(15)8-33-19(30)11-5-6-11)18-16(34-10(3)29)14(22)13(35-18)7-32-9(2)28/h11,13-14,16,18H,4-8H2,1-3H3,(H2,23,24,25)/t13-,14-,16-,18-/m1/s1. The Kier molecular flexibility index (Phi) is 6.74. The van der Waals surface area contributed by atoms with Crippen LogP contribution in [0.4, 0.5) is 10.3 Å². The maximum absolute atomic E-state index is 15.3. The summed E-state index contributed by atoms with van der Waals surface area (Å²) in [5.74, 6) is -2.25. The number of hydrogen-bond acceptors (Lipinski definition) is 11. The Balaban J connectivity index is 1.81. The fourth-order valence-electron chi connectivity index (χ4n) is 3.98. The maximum atomic E-state index is 15.3. The number of alkyl halides is 1. The second-order valence-corrected chi connectivity index (χ2v) is 8.39. The summed E-state index contributed by atoms with van der Waals surface area (Å²) >= 11 is 0. The van der Waals surface area contributed by atoms with Gasteiger partial charge in [-0.2, -0.15) is 4.98 Å². The molecule has 0 radical (unpaired) electrons. The first-order valence-corrected chi connectivity index (χ1v) is 11.2. The molecule has 0 amide bonds. The van der Waals surface area contributed by atoms with E-state index in [0.29, 0.717) is 12.1 Å². The molecule has 4 rings (SSSR count). The van der Waals surface area contributed by atoms with Crippen LogP contribution in [0.5, 0.6) is 0 Å². The van der Waals surface area contributed by atoms with Crippen LogP contribution in [0.2, 0.25) is 0 Å². The molecule has 1 saturated carbocycles. The number of carbonyl (C=O) groups excluding carboxylic acids is 3. The van der Waals surface area contributed by atoms with Crippen LogP contribution in [0.1, 0.15) is 45.5 Å². The lowest BCUT2D eigenvalue weighted by molar-refractivity contribution is -0.154. The van der Waals surface area contributed by atoms with Crippen LogP contribution < -0.4 is 11.4 Å². The van der Waals surface area contributed by atoms with Crippen LogP contribution in [-0.2, 0) is 46.5 Å². The van der Waals surface area contributed by atoms with E-state index in [1.807, 2.05) is 0 Å². The fraction of sp³-hybridized carbons (Fsp3) is 0.619. The molecule has 0 unspecified atom stereocenters. The molecule has 1 saturated heterocycles. The van der Waals surface area contributed by atoms with E-state index in [0.717, 1.165) is 35.8 Å². The molecule has 2 N–H and O–H groups in total. The van der Waals surface area contributed by atoms with Gasteiger partial charge in [0.15, 0.2) is 30.9 Å². The first-order valence-electron chi connectivity index (χ1n) is 11.2. The molecule has 1 aliphatic carbocycles. The maximum Gasteiger partial charge on any atom is 0.335 e. The summed E-state index contributed by atoms with van der Waals surface area (Å²) in [5, 5.41) is 0. The van der Waals surface area contributed by atoms with Gasteiger partial charge in [-0.1, -0.05) is 6.92 Å². The minimum Gasteiger partial charge on any atom is -0.463 e. The smallest absolute Gasteiger partial charge is 0.335 e. The van der Waals surface area contributed by atoms with E-state index in [-0.39, 0.29) is 23.0 Å². The molecule has 0 bridgehead atoms. The lowest BCUT2D eigenvalue weighted by Gasteiger charge is -2.20. The van der Waals surface area contributed by atoms with Crippen molar-refractivity contribution in [3.8, 4) is 0 Å². The highest BCUT2D eigenvalue weighted by molar-refractivity contribution is 5.77. The topological polar surface area (TPSA) is 167 Å². The van der Waals surface area contributed by atoms with Gasteiger partial charge in [0.2, 0.25) is 5.95 Å². The average Bonchev–Trinajstić information content (AvgIpc) is 3.55. The molecule has 35 heavy (non-hydrogen) atoms. The third-order valence-electron chi connectivity index (χ3n) is 5.74. The molecular weight excluding hydrogens is 469 g/mol. The summed E-state index contributed by atoms with van der Waals surface area (Å²) in [6.07, 6.45) is -4.48. The summed E-state index contributed by atoms with van der Waals surface area (Å²) in [6.45, 7) is 3.12. The number of ether oxygens (including phenoxy) is 4. The van der Waals surface area contributed by atoms with Gasteiger partial charge in [-0.3, -0.25) is 19.0 Å². The number of aromatic nitrogens is 4. The highest BCUT2D eigenvalue weighted by Gasteiger charge is 2.50. The Bertz CT molecular complexity index is 1220. The predicted octanol–water partition coefficient (Wildman–Crippen LogP) is 0.379. The molecule has 2 aromatic rings. The number of carbonyl (C=O) groups is 3. The normalized spacial score (nSPS) is 23.9. The Morgan fingerprint density at radius 3 is 2.49 bits per heavy atom. The van der Waals surface area contributed by atoms with Crippen LogP contribution in [0.3, 0.4) is 0 Å². The molecule has 2 aromatic heterocycles. The summed E-state index contributed by atoms with van der Waals surface area (Å²) in [7, 11) is 0. The van der Waals surface area contributed by atoms with Crippen molar-refractivity contribution in [1.29, 1.82) is 0 Å². The van der Waals surface area contributed by atoms with E-state index in [4.69, 9.17) is 24.7 Å². The highest BCUT2D eigenvalue weighted by atomic mass is 19.1. The Labute approximate surface area is 198 Å². The second-order valence-electron chi connectivity index (χ2n) is 8.39. The first-order chi connectivity index (χ1) is 16.6. The number of esters is 3. The van der Waals surface area contributed by atoms with Gasteiger partial charge < -0.3 is 24.7 Å². The van der Waals surface area contributed by atoms with Crippen LogP contribution >= 0.6 is 0 Å². The number of imidazole rings is 1. The Morgan fingerprint density at radius 1 is 1.17 bits per heavy atom. The van der Waals surface area contributed by atoms with Crippen molar-refractivity contribution in [2.24, 2.45) is 5.92 Å². The van der Waals surface area contributed by atoms with E-state index in [1.54, 1.807) is 6.92 Å². The zero-order valence-electron chi connectivity index (χ0n) is 19.4. The van der Waals surface area contributed by atoms with Crippen LogP contribution in [-0.4, -0.2) is 62.0 Å². The minimum atomic E-state index is -1.92. The number of halogens is 1.